The Labute approximate surface area is 134 Å². The average molecular weight is 351 g/mol. The Hall–Kier alpha value is -1.52. The first-order valence-electron chi connectivity index (χ1n) is 6.87. The van der Waals surface area contributed by atoms with Crippen LogP contribution in [0.5, 0.6) is 11.5 Å². The number of methoxy groups -OCH3 is 1. The van der Waals surface area contributed by atoms with E-state index in [-0.39, 0.29) is 0 Å². The zero-order valence-electron chi connectivity index (χ0n) is 12.0. The van der Waals surface area contributed by atoms with E-state index in [2.05, 4.69) is 28.1 Å². The van der Waals surface area contributed by atoms with Crippen LogP contribution in [0.4, 0.5) is 0 Å². The van der Waals surface area contributed by atoms with Crippen molar-refractivity contribution >= 4 is 15.9 Å². The van der Waals surface area contributed by atoms with Gasteiger partial charge in [0.2, 0.25) is 0 Å². The summed E-state index contributed by atoms with van der Waals surface area (Å²) in [7, 11) is 1.64. The van der Waals surface area contributed by atoms with Crippen LogP contribution in [0.3, 0.4) is 0 Å². The fourth-order valence-electron chi connectivity index (χ4n) is 1.85. The molecule has 0 aliphatic rings. The predicted octanol–water partition coefficient (Wildman–Crippen LogP) is 4.44. The van der Waals surface area contributed by atoms with E-state index in [9.17, 15) is 0 Å². The molecule has 2 aromatic rings. The van der Waals surface area contributed by atoms with Gasteiger partial charge in [0, 0.05) is 10.9 Å². The fourth-order valence-corrected chi connectivity index (χ4v) is 2.12. The number of rotatable bonds is 8. The van der Waals surface area contributed by atoms with Crippen molar-refractivity contribution in [3.8, 4) is 11.5 Å². The quantitative estimate of drug-likeness (QED) is 0.658. The van der Waals surface area contributed by atoms with Gasteiger partial charge in [0.1, 0.15) is 0 Å². The first kappa shape index (κ1) is 15.9. The van der Waals surface area contributed by atoms with E-state index in [1.807, 2.05) is 36.4 Å². The monoisotopic (exact) mass is 350 g/mol. The third-order valence-electron chi connectivity index (χ3n) is 2.94. The summed E-state index contributed by atoms with van der Waals surface area (Å²) < 4.78 is 17.6. The molecule has 4 heteroatoms. The molecule has 0 aromatic heterocycles. The van der Waals surface area contributed by atoms with Crippen molar-refractivity contribution in [2.24, 2.45) is 0 Å². The summed E-state index contributed by atoms with van der Waals surface area (Å²) in [6.45, 7) is 1.91. The van der Waals surface area contributed by atoms with Gasteiger partial charge in [-0.1, -0.05) is 40.2 Å². The van der Waals surface area contributed by atoms with Crippen LogP contribution in [0.1, 0.15) is 12.0 Å². The minimum atomic E-state index is 0.612. The highest BCUT2D eigenvalue weighted by atomic mass is 79.9. The summed E-state index contributed by atoms with van der Waals surface area (Å²) in [5.41, 5.74) is 1.17. The van der Waals surface area contributed by atoms with Crippen molar-refractivity contribution in [1.29, 1.82) is 0 Å². The van der Waals surface area contributed by atoms with Crippen molar-refractivity contribution in [3.63, 3.8) is 0 Å². The number of hydrogen-bond donors (Lipinski definition) is 0. The SMILES string of the molecule is COc1ccccc1OCCCOCc1ccc(Br)cc1. The van der Waals surface area contributed by atoms with Crippen LogP contribution >= 0.6 is 15.9 Å². The highest BCUT2D eigenvalue weighted by Gasteiger charge is 2.01. The number of benzene rings is 2. The Balaban J connectivity index is 1.63. The Kier molecular flexibility index (Phi) is 6.57. The van der Waals surface area contributed by atoms with Gasteiger partial charge in [-0.3, -0.25) is 0 Å². The van der Waals surface area contributed by atoms with E-state index in [1.165, 1.54) is 5.56 Å². The molecule has 112 valence electrons. The molecule has 3 nitrogen and oxygen atoms in total. The Morgan fingerprint density at radius 3 is 2.33 bits per heavy atom. The highest BCUT2D eigenvalue weighted by molar-refractivity contribution is 9.10. The van der Waals surface area contributed by atoms with E-state index in [4.69, 9.17) is 14.2 Å². The van der Waals surface area contributed by atoms with Gasteiger partial charge in [-0.25, -0.2) is 0 Å². The Morgan fingerprint density at radius 2 is 1.62 bits per heavy atom. The number of ether oxygens (including phenoxy) is 3. The Bertz CT molecular complexity index is 540. The third-order valence-corrected chi connectivity index (χ3v) is 3.47. The standard InChI is InChI=1S/C17H19BrO3/c1-19-16-5-2-3-6-17(16)21-12-4-11-20-13-14-7-9-15(18)10-8-14/h2-3,5-10H,4,11-13H2,1H3. The van der Waals surface area contributed by atoms with Gasteiger partial charge in [-0.2, -0.15) is 0 Å². The van der Waals surface area contributed by atoms with E-state index in [0.717, 1.165) is 22.4 Å². The van der Waals surface area contributed by atoms with Gasteiger partial charge < -0.3 is 14.2 Å². The summed E-state index contributed by atoms with van der Waals surface area (Å²) in [4.78, 5) is 0. The zero-order valence-corrected chi connectivity index (χ0v) is 13.6. The maximum absolute atomic E-state index is 5.68. The lowest BCUT2D eigenvalue weighted by Gasteiger charge is -2.10. The van der Waals surface area contributed by atoms with Crippen LogP contribution in [0.2, 0.25) is 0 Å². The largest absolute Gasteiger partial charge is 0.493 e. The average Bonchev–Trinajstić information content (AvgIpc) is 2.53. The Morgan fingerprint density at radius 1 is 0.905 bits per heavy atom. The summed E-state index contributed by atoms with van der Waals surface area (Å²) in [5.74, 6) is 1.53. The van der Waals surface area contributed by atoms with Crippen LogP contribution in [0.25, 0.3) is 0 Å². The number of halogens is 1. The highest BCUT2D eigenvalue weighted by Crippen LogP contribution is 2.25. The van der Waals surface area contributed by atoms with Gasteiger partial charge >= 0.3 is 0 Å². The van der Waals surface area contributed by atoms with Crippen LogP contribution in [0, 0.1) is 0 Å². The molecule has 0 bridgehead atoms. The van der Waals surface area contributed by atoms with E-state index >= 15 is 0 Å². The van der Waals surface area contributed by atoms with Crippen molar-refractivity contribution < 1.29 is 14.2 Å². The molecule has 0 spiro atoms. The van der Waals surface area contributed by atoms with E-state index < -0.39 is 0 Å². The lowest BCUT2D eigenvalue weighted by atomic mass is 10.2. The molecule has 0 radical (unpaired) electrons. The first-order valence-corrected chi connectivity index (χ1v) is 7.67. The zero-order chi connectivity index (χ0) is 14.9. The molecule has 0 amide bonds. The van der Waals surface area contributed by atoms with Crippen LogP contribution in [0.15, 0.2) is 53.0 Å². The molecule has 0 unspecified atom stereocenters. The van der Waals surface area contributed by atoms with Gasteiger partial charge in [0.25, 0.3) is 0 Å². The van der Waals surface area contributed by atoms with E-state index in [0.29, 0.717) is 19.8 Å². The van der Waals surface area contributed by atoms with Crippen molar-refractivity contribution in [3.05, 3.63) is 58.6 Å². The summed E-state index contributed by atoms with van der Waals surface area (Å²) >= 11 is 3.41. The normalized spacial score (nSPS) is 10.4. The lowest BCUT2D eigenvalue weighted by Crippen LogP contribution is -2.04. The van der Waals surface area contributed by atoms with Crippen molar-refractivity contribution in [2.45, 2.75) is 13.0 Å². The second-order valence-corrected chi connectivity index (χ2v) is 5.45. The number of para-hydroxylation sites is 2. The van der Waals surface area contributed by atoms with Crippen LogP contribution in [-0.2, 0) is 11.3 Å². The van der Waals surface area contributed by atoms with E-state index in [1.54, 1.807) is 7.11 Å². The smallest absolute Gasteiger partial charge is 0.161 e. The third kappa shape index (κ3) is 5.40. The van der Waals surface area contributed by atoms with Crippen molar-refractivity contribution in [1.82, 2.24) is 0 Å². The van der Waals surface area contributed by atoms with Crippen LogP contribution in [-0.4, -0.2) is 20.3 Å². The first-order chi connectivity index (χ1) is 10.3. The predicted molar refractivity (Wildman–Crippen MR) is 86.9 cm³/mol. The molecular formula is C17H19BrO3. The molecule has 2 rings (SSSR count). The number of hydrogen-bond acceptors (Lipinski definition) is 3. The molecule has 0 heterocycles. The molecule has 0 atom stereocenters. The molecule has 21 heavy (non-hydrogen) atoms. The molecule has 0 saturated carbocycles. The van der Waals surface area contributed by atoms with Crippen LogP contribution < -0.4 is 9.47 Å². The molecular weight excluding hydrogens is 332 g/mol. The maximum Gasteiger partial charge on any atom is 0.161 e. The molecule has 0 aliphatic carbocycles. The molecule has 2 aromatic carbocycles. The second kappa shape index (κ2) is 8.70. The van der Waals surface area contributed by atoms with Gasteiger partial charge in [-0.05, 0) is 29.8 Å². The summed E-state index contributed by atoms with van der Waals surface area (Å²) in [6, 6.07) is 15.8. The topological polar surface area (TPSA) is 27.7 Å². The minimum absolute atomic E-state index is 0.612. The molecule has 0 aliphatic heterocycles. The second-order valence-electron chi connectivity index (χ2n) is 4.53. The molecule has 0 fully saturated rings. The lowest BCUT2D eigenvalue weighted by molar-refractivity contribution is 0.107. The molecule has 0 N–H and O–H groups in total. The minimum Gasteiger partial charge on any atom is -0.493 e. The molecule has 0 saturated heterocycles. The van der Waals surface area contributed by atoms with Crippen molar-refractivity contribution in [2.75, 3.05) is 20.3 Å². The van der Waals surface area contributed by atoms with Gasteiger partial charge in [0.15, 0.2) is 11.5 Å². The van der Waals surface area contributed by atoms with Gasteiger partial charge in [-0.15, -0.1) is 0 Å². The maximum atomic E-state index is 5.68. The summed E-state index contributed by atoms with van der Waals surface area (Å²) in [6.07, 6.45) is 0.842. The summed E-state index contributed by atoms with van der Waals surface area (Å²) in [5, 5.41) is 0. The van der Waals surface area contributed by atoms with Gasteiger partial charge in [0.05, 0.1) is 26.9 Å². The fraction of sp³-hybridized carbons (Fsp3) is 0.294.